The van der Waals surface area contributed by atoms with Crippen LogP contribution in [-0.4, -0.2) is 34.4 Å². The van der Waals surface area contributed by atoms with Crippen LogP contribution in [0.3, 0.4) is 0 Å². The Hall–Kier alpha value is 0.157. The van der Waals surface area contributed by atoms with Gasteiger partial charge in [-0.15, -0.1) is 0 Å². The fourth-order valence-corrected chi connectivity index (χ4v) is 5.27. The van der Waals surface area contributed by atoms with E-state index in [1.165, 1.54) is 37.4 Å². The fourth-order valence-electron chi connectivity index (χ4n) is 2.41. The van der Waals surface area contributed by atoms with Gasteiger partial charge in [0.25, 0.3) is 0 Å². The number of thioether (sulfide) groups is 1. The lowest BCUT2D eigenvalue weighted by molar-refractivity contribution is -0.111. The first-order valence-electron chi connectivity index (χ1n) is 8.29. The standard InChI is InChI=1S/C16H33O3SSi/c1-5-7-8-9-10-12-16(17)20-14-13-15(11-6-2)21(18-3)19-4/h15H,5-14H2,1-4H3. The van der Waals surface area contributed by atoms with Crippen molar-refractivity contribution in [3.05, 3.63) is 0 Å². The van der Waals surface area contributed by atoms with Gasteiger partial charge in [-0.25, -0.2) is 0 Å². The van der Waals surface area contributed by atoms with E-state index < -0.39 is 9.28 Å². The van der Waals surface area contributed by atoms with Crippen LogP contribution in [0.5, 0.6) is 0 Å². The van der Waals surface area contributed by atoms with Gasteiger partial charge in [0.05, 0.1) is 0 Å². The average molecular weight is 334 g/mol. The first-order valence-corrected chi connectivity index (χ1v) is 10.7. The Balaban J connectivity index is 3.79. The predicted octanol–water partition coefficient (Wildman–Crippen LogP) is 4.95. The van der Waals surface area contributed by atoms with Crippen molar-refractivity contribution in [2.24, 2.45) is 0 Å². The van der Waals surface area contributed by atoms with Crippen molar-refractivity contribution in [3.8, 4) is 0 Å². The Morgan fingerprint density at radius 1 is 1.00 bits per heavy atom. The SMILES string of the molecule is CCCCCCCC(=O)SCCC(CCC)[Si](OC)OC. The van der Waals surface area contributed by atoms with Gasteiger partial charge in [0.2, 0.25) is 0 Å². The molecule has 0 aliphatic carbocycles. The van der Waals surface area contributed by atoms with Gasteiger partial charge in [0.1, 0.15) is 0 Å². The highest BCUT2D eigenvalue weighted by Gasteiger charge is 2.25. The third-order valence-corrected chi connectivity index (χ3v) is 6.60. The van der Waals surface area contributed by atoms with Crippen molar-refractivity contribution in [3.63, 3.8) is 0 Å². The van der Waals surface area contributed by atoms with Crippen LogP contribution in [0.1, 0.15) is 71.6 Å². The molecular weight excluding hydrogens is 300 g/mol. The van der Waals surface area contributed by atoms with Gasteiger partial charge in [-0.2, -0.15) is 0 Å². The molecule has 0 saturated heterocycles. The van der Waals surface area contributed by atoms with Crippen molar-refractivity contribution in [2.45, 2.75) is 77.2 Å². The molecule has 0 aromatic carbocycles. The van der Waals surface area contributed by atoms with Gasteiger partial charge < -0.3 is 8.85 Å². The summed E-state index contributed by atoms with van der Waals surface area (Å²) in [4.78, 5) is 11.8. The minimum Gasteiger partial charge on any atom is -0.397 e. The summed E-state index contributed by atoms with van der Waals surface area (Å²) in [7, 11) is 2.29. The summed E-state index contributed by atoms with van der Waals surface area (Å²) in [5, 5.41) is 0.352. The molecule has 0 spiro atoms. The second kappa shape index (κ2) is 15.1. The maximum Gasteiger partial charge on any atom is 0.387 e. The lowest BCUT2D eigenvalue weighted by atomic mass is 10.1. The van der Waals surface area contributed by atoms with Crippen LogP contribution >= 0.6 is 11.8 Å². The third-order valence-electron chi connectivity index (χ3n) is 3.59. The zero-order valence-electron chi connectivity index (χ0n) is 14.3. The third kappa shape index (κ3) is 11.4. The van der Waals surface area contributed by atoms with Crippen LogP contribution in [0.2, 0.25) is 5.54 Å². The van der Waals surface area contributed by atoms with Gasteiger partial charge >= 0.3 is 9.28 Å². The highest BCUT2D eigenvalue weighted by Crippen LogP contribution is 2.25. The quantitative estimate of drug-likeness (QED) is 0.333. The van der Waals surface area contributed by atoms with Crippen molar-refractivity contribution in [1.29, 1.82) is 0 Å². The first kappa shape index (κ1) is 21.2. The van der Waals surface area contributed by atoms with E-state index in [1.807, 2.05) is 0 Å². The van der Waals surface area contributed by atoms with E-state index >= 15 is 0 Å². The van der Waals surface area contributed by atoms with Crippen LogP contribution in [0, 0.1) is 0 Å². The summed E-state index contributed by atoms with van der Waals surface area (Å²) in [6.07, 6.45) is 10.1. The monoisotopic (exact) mass is 333 g/mol. The summed E-state index contributed by atoms with van der Waals surface area (Å²) in [5.41, 5.74) is 0.486. The zero-order valence-corrected chi connectivity index (χ0v) is 16.1. The van der Waals surface area contributed by atoms with Crippen LogP contribution in [0.15, 0.2) is 0 Å². The predicted molar refractivity (Wildman–Crippen MR) is 93.9 cm³/mol. The molecular formula is C16H33O3SSi. The van der Waals surface area contributed by atoms with E-state index in [-0.39, 0.29) is 0 Å². The number of unbranched alkanes of at least 4 members (excludes halogenated alkanes) is 4. The Morgan fingerprint density at radius 2 is 1.67 bits per heavy atom. The van der Waals surface area contributed by atoms with Gasteiger partial charge in [-0.05, 0) is 19.3 Å². The van der Waals surface area contributed by atoms with E-state index in [0.717, 1.165) is 37.9 Å². The normalized spacial score (nSPS) is 12.8. The Morgan fingerprint density at radius 3 is 2.24 bits per heavy atom. The molecule has 0 heterocycles. The number of hydrogen-bond acceptors (Lipinski definition) is 4. The maximum absolute atomic E-state index is 11.8. The topological polar surface area (TPSA) is 35.5 Å². The molecule has 1 unspecified atom stereocenters. The van der Waals surface area contributed by atoms with Gasteiger partial charge in [0.15, 0.2) is 5.12 Å². The summed E-state index contributed by atoms with van der Waals surface area (Å²) in [6, 6.07) is 0. The van der Waals surface area contributed by atoms with E-state index in [4.69, 9.17) is 8.85 Å². The molecule has 1 radical (unpaired) electrons. The van der Waals surface area contributed by atoms with Gasteiger partial charge in [-0.1, -0.05) is 57.7 Å². The smallest absolute Gasteiger partial charge is 0.387 e. The molecule has 0 aromatic heterocycles. The lowest BCUT2D eigenvalue weighted by Gasteiger charge is -2.20. The number of rotatable bonds is 14. The molecule has 0 aliphatic rings. The second-order valence-electron chi connectivity index (χ2n) is 5.39. The number of carbonyl (C=O) groups excluding carboxylic acids is 1. The molecule has 21 heavy (non-hydrogen) atoms. The van der Waals surface area contributed by atoms with Gasteiger partial charge in [0, 0.05) is 31.9 Å². The maximum atomic E-state index is 11.8. The van der Waals surface area contributed by atoms with Crippen LogP contribution in [0.25, 0.3) is 0 Å². The zero-order chi connectivity index (χ0) is 15.9. The molecule has 125 valence electrons. The second-order valence-corrected chi connectivity index (χ2v) is 8.81. The fraction of sp³-hybridized carbons (Fsp3) is 0.938. The highest BCUT2D eigenvalue weighted by atomic mass is 32.2. The van der Waals surface area contributed by atoms with Crippen LogP contribution in [0.4, 0.5) is 0 Å². The summed E-state index contributed by atoms with van der Waals surface area (Å²) < 4.78 is 10.9. The lowest BCUT2D eigenvalue weighted by Crippen LogP contribution is -2.26. The van der Waals surface area contributed by atoms with E-state index in [1.54, 1.807) is 14.2 Å². The molecule has 0 fully saturated rings. The molecule has 0 N–H and O–H groups in total. The molecule has 0 saturated carbocycles. The Labute approximate surface area is 137 Å². The molecule has 1 atom stereocenters. The largest absolute Gasteiger partial charge is 0.397 e. The molecule has 0 amide bonds. The Kier molecular flexibility index (Phi) is 15.2. The van der Waals surface area contributed by atoms with Crippen LogP contribution < -0.4 is 0 Å². The molecule has 0 aliphatic heterocycles. The van der Waals surface area contributed by atoms with Crippen LogP contribution in [-0.2, 0) is 13.6 Å². The minimum absolute atomic E-state index is 0.352. The number of carbonyl (C=O) groups is 1. The van der Waals surface area contributed by atoms with E-state index in [2.05, 4.69) is 13.8 Å². The highest BCUT2D eigenvalue weighted by molar-refractivity contribution is 8.13. The summed E-state index contributed by atoms with van der Waals surface area (Å²) in [5.74, 6) is 0.902. The van der Waals surface area contributed by atoms with Crippen molar-refractivity contribution < 1.29 is 13.6 Å². The summed E-state index contributed by atoms with van der Waals surface area (Å²) in [6.45, 7) is 4.40. The van der Waals surface area contributed by atoms with E-state index in [0.29, 0.717) is 10.7 Å². The van der Waals surface area contributed by atoms with Crippen molar-refractivity contribution in [1.82, 2.24) is 0 Å². The number of hydrogen-bond donors (Lipinski definition) is 0. The van der Waals surface area contributed by atoms with Crippen molar-refractivity contribution >= 4 is 26.2 Å². The van der Waals surface area contributed by atoms with Crippen molar-refractivity contribution in [2.75, 3.05) is 20.0 Å². The van der Waals surface area contributed by atoms with E-state index in [9.17, 15) is 4.79 Å². The molecule has 0 aromatic rings. The summed E-state index contributed by atoms with van der Waals surface area (Å²) >= 11 is 1.50. The molecule has 0 bridgehead atoms. The molecule has 3 nitrogen and oxygen atoms in total. The van der Waals surface area contributed by atoms with Gasteiger partial charge in [-0.3, -0.25) is 4.79 Å². The Bertz CT molecular complexity index is 248. The first-order chi connectivity index (χ1) is 10.2. The molecule has 5 heteroatoms. The average Bonchev–Trinajstić information content (AvgIpc) is 2.48. The molecule has 0 rings (SSSR count). The minimum atomic E-state index is -1.17.